The molecule has 0 aromatic heterocycles. The molecule has 0 saturated carbocycles. The van der Waals surface area contributed by atoms with Crippen LogP contribution in [0, 0.1) is 0 Å². The zero-order valence-electron chi connectivity index (χ0n) is 15.6. The number of hydrogen-bond acceptors (Lipinski definition) is 5. The lowest BCUT2D eigenvalue weighted by Gasteiger charge is -2.37. The van der Waals surface area contributed by atoms with Crippen LogP contribution in [0.5, 0.6) is 11.5 Å². The summed E-state index contributed by atoms with van der Waals surface area (Å²) in [5.41, 5.74) is 2.07. The minimum Gasteiger partial charge on any atom is -0.454 e. The minimum absolute atomic E-state index is 0.00498. The molecule has 1 saturated heterocycles. The number of hydrogen-bond donors (Lipinski definition) is 1. The fourth-order valence-corrected chi connectivity index (χ4v) is 3.54. The number of rotatable bonds is 5. The Morgan fingerprint density at radius 1 is 1.04 bits per heavy atom. The molecule has 6 heteroatoms. The topological polar surface area (TPSA) is 54.0 Å². The van der Waals surface area contributed by atoms with E-state index in [1.807, 2.05) is 31.2 Å². The third-order valence-corrected chi connectivity index (χ3v) is 5.22. The SMILES string of the molecule is C[C@@H](C(=O)Nc1ccc2c(c1)OCO2)N1CCN(Cc2ccccc2)CC1. The van der Waals surface area contributed by atoms with Crippen molar-refractivity contribution >= 4 is 11.6 Å². The van der Waals surface area contributed by atoms with Gasteiger partial charge in [-0.3, -0.25) is 14.6 Å². The van der Waals surface area contributed by atoms with Crippen molar-refractivity contribution < 1.29 is 14.3 Å². The van der Waals surface area contributed by atoms with Crippen molar-refractivity contribution in [3.63, 3.8) is 0 Å². The largest absolute Gasteiger partial charge is 0.454 e. The van der Waals surface area contributed by atoms with Gasteiger partial charge in [0, 0.05) is 44.5 Å². The number of ether oxygens (including phenoxy) is 2. The van der Waals surface area contributed by atoms with Crippen LogP contribution >= 0.6 is 0 Å². The molecule has 6 nitrogen and oxygen atoms in total. The van der Waals surface area contributed by atoms with Gasteiger partial charge in [-0.1, -0.05) is 30.3 Å². The number of carbonyl (C=O) groups is 1. The number of benzene rings is 2. The molecule has 2 aromatic carbocycles. The summed E-state index contributed by atoms with van der Waals surface area (Å²) in [5, 5.41) is 2.99. The fourth-order valence-electron chi connectivity index (χ4n) is 3.54. The van der Waals surface area contributed by atoms with E-state index in [0.717, 1.165) is 44.2 Å². The lowest BCUT2D eigenvalue weighted by molar-refractivity contribution is -0.121. The normalized spacial score (nSPS) is 18.3. The molecule has 2 aliphatic heterocycles. The molecular weight excluding hydrogens is 342 g/mol. The van der Waals surface area contributed by atoms with Crippen LogP contribution in [0.3, 0.4) is 0 Å². The van der Waals surface area contributed by atoms with Crippen LogP contribution in [0.2, 0.25) is 0 Å². The number of nitrogens with one attached hydrogen (secondary N) is 1. The van der Waals surface area contributed by atoms with Crippen molar-refractivity contribution in [2.24, 2.45) is 0 Å². The van der Waals surface area contributed by atoms with Crippen LogP contribution in [-0.4, -0.2) is 54.7 Å². The Bertz CT molecular complexity index is 789. The molecule has 2 aliphatic rings. The van der Waals surface area contributed by atoms with E-state index in [4.69, 9.17) is 9.47 Å². The summed E-state index contributed by atoms with van der Waals surface area (Å²) in [5.74, 6) is 1.40. The van der Waals surface area contributed by atoms with Gasteiger partial charge in [0.25, 0.3) is 0 Å². The summed E-state index contributed by atoms with van der Waals surface area (Å²) in [6.45, 7) is 6.89. The highest BCUT2D eigenvalue weighted by Gasteiger charge is 2.26. The van der Waals surface area contributed by atoms with Crippen molar-refractivity contribution in [1.29, 1.82) is 0 Å². The van der Waals surface area contributed by atoms with E-state index in [1.54, 1.807) is 0 Å². The van der Waals surface area contributed by atoms with Crippen molar-refractivity contribution in [2.45, 2.75) is 19.5 Å². The number of fused-ring (bicyclic) bond motifs is 1. The molecule has 0 spiro atoms. The Morgan fingerprint density at radius 3 is 2.56 bits per heavy atom. The van der Waals surface area contributed by atoms with Crippen LogP contribution in [0.4, 0.5) is 5.69 Å². The van der Waals surface area contributed by atoms with Gasteiger partial charge in [-0.2, -0.15) is 0 Å². The predicted octanol–water partition coefficient (Wildman–Crippen LogP) is 2.56. The number of piperazine rings is 1. The van der Waals surface area contributed by atoms with Gasteiger partial charge in [-0.25, -0.2) is 0 Å². The summed E-state index contributed by atoms with van der Waals surface area (Å²) in [6.07, 6.45) is 0. The highest BCUT2D eigenvalue weighted by Crippen LogP contribution is 2.34. The van der Waals surface area contributed by atoms with Crippen LogP contribution in [-0.2, 0) is 11.3 Å². The molecule has 0 unspecified atom stereocenters. The van der Waals surface area contributed by atoms with E-state index in [2.05, 4.69) is 39.4 Å². The first kappa shape index (κ1) is 17.8. The molecule has 1 amide bonds. The molecule has 0 aliphatic carbocycles. The van der Waals surface area contributed by atoms with Gasteiger partial charge >= 0.3 is 0 Å². The fraction of sp³-hybridized carbons (Fsp3) is 0.381. The molecule has 0 radical (unpaired) electrons. The molecular formula is C21H25N3O3. The smallest absolute Gasteiger partial charge is 0.241 e. The maximum absolute atomic E-state index is 12.6. The third kappa shape index (κ3) is 4.23. The molecule has 2 heterocycles. The zero-order chi connectivity index (χ0) is 18.6. The zero-order valence-corrected chi connectivity index (χ0v) is 15.6. The van der Waals surface area contributed by atoms with E-state index in [1.165, 1.54) is 5.56 Å². The lowest BCUT2D eigenvalue weighted by atomic mass is 10.1. The number of carbonyl (C=O) groups excluding carboxylic acids is 1. The quantitative estimate of drug-likeness (QED) is 0.880. The first-order valence-corrected chi connectivity index (χ1v) is 9.40. The molecule has 4 rings (SSSR count). The second kappa shape index (κ2) is 7.98. The van der Waals surface area contributed by atoms with E-state index in [0.29, 0.717) is 5.75 Å². The van der Waals surface area contributed by atoms with Gasteiger partial charge in [-0.15, -0.1) is 0 Å². The van der Waals surface area contributed by atoms with Gasteiger partial charge in [0.15, 0.2) is 11.5 Å². The predicted molar refractivity (Wildman–Crippen MR) is 104 cm³/mol. The first-order valence-electron chi connectivity index (χ1n) is 9.40. The van der Waals surface area contributed by atoms with Gasteiger partial charge in [-0.05, 0) is 24.6 Å². The summed E-state index contributed by atoms with van der Waals surface area (Å²) in [7, 11) is 0. The maximum Gasteiger partial charge on any atom is 0.241 e. The molecule has 1 fully saturated rings. The average Bonchev–Trinajstić information content (AvgIpc) is 3.16. The maximum atomic E-state index is 12.6. The number of amides is 1. The van der Waals surface area contributed by atoms with Crippen LogP contribution in [0.1, 0.15) is 12.5 Å². The van der Waals surface area contributed by atoms with Gasteiger partial charge in [0.1, 0.15) is 0 Å². The van der Waals surface area contributed by atoms with Crippen LogP contribution < -0.4 is 14.8 Å². The average molecular weight is 367 g/mol. The van der Waals surface area contributed by atoms with E-state index >= 15 is 0 Å². The molecule has 0 bridgehead atoms. The van der Waals surface area contributed by atoms with Gasteiger partial charge in [0.05, 0.1) is 6.04 Å². The Balaban J connectivity index is 1.28. The molecule has 1 N–H and O–H groups in total. The molecule has 142 valence electrons. The standard InChI is InChI=1S/C21H25N3O3/c1-16(21(25)22-18-7-8-19-20(13-18)27-15-26-19)24-11-9-23(10-12-24)14-17-5-3-2-4-6-17/h2-8,13,16H,9-12,14-15H2,1H3,(H,22,25)/t16-/m0/s1. The van der Waals surface area contributed by atoms with Gasteiger partial charge < -0.3 is 14.8 Å². The number of nitrogens with zero attached hydrogens (tertiary/aromatic N) is 2. The molecule has 27 heavy (non-hydrogen) atoms. The highest BCUT2D eigenvalue weighted by atomic mass is 16.7. The minimum atomic E-state index is -0.172. The second-order valence-electron chi connectivity index (χ2n) is 7.03. The van der Waals surface area contributed by atoms with E-state index in [9.17, 15) is 4.79 Å². The monoisotopic (exact) mass is 367 g/mol. The Labute approximate surface area is 159 Å². The Kier molecular flexibility index (Phi) is 5.27. The Hall–Kier alpha value is -2.57. The van der Waals surface area contributed by atoms with E-state index in [-0.39, 0.29) is 18.7 Å². The van der Waals surface area contributed by atoms with Crippen LogP contribution in [0.15, 0.2) is 48.5 Å². The summed E-state index contributed by atoms with van der Waals surface area (Å²) < 4.78 is 10.7. The second-order valence-corrected chi connectivity index (χ2v) is 7.03. The Morgan fingerprint density at radius 2 is 1.78 bits per heavy atom. The summed E-state index contributed by atoms with van der Waals surface area (Å²) in [6, 6.07) is 15.8. The number of anilines is 1. The highest BCUT2D eigenvalue weighted by molar-refractivity contribution is 5.94. The van der Waals surface area contributed by atoms with Crippen molar-refractivity contribution in [3.8, 4) is 11.5 Å². The van der Waals surface area contributed by atoms with Gasteiger partial charge in [0.2, 0.25) is 12.7 Å². The van der Waals surface area contributed by atoms with Crippen molar-refractivity contribution in [3.05, 3.63) is 54.1 Å². The van der Waals surface area contributed by atoms with Crippen LogP contribution in [0.25, 0.3) is 0 Å². The van der Waals surface area contributed by atoms with Crippen molar-refractivity contribution in [2.75, 3.05) is 38.3 Å². The molecule has 1 atom stereocenters. The summed E-state index contributed by atoms with van der Waals surface area (Å²) >= 11 is 0. The lowest BCUT2D eigenvalue weighted by Crippen LogP contribution is -2.52. The third-order valence-electron chi connectivity index (χ3n) is 5.22. The van der Waals surface area contributed by atoms with E-state index < -0.39 is 0 Å². The summed E-state index contributed by atoms with van der Waals surface area (Å²) in [4.78, 5) is 17.3. The molecule has 2 aromatic rings. The van der Waals surface area contributed by atoms with Crippen molar-refractivity contribution in [1.82, 2.24) is 9.80 Å². The first-order chi connectivity index (χ1) is 13.2.